The number of ether oxygens (including phenoxy) is 3. The minimum atomic E-state index is -0.377. The molecule has 0 radical (unpaired) electrons. The minimum absolute atomic E-state index is 0.259. The summed E-state index contributed by atoms with van der Waals surface area (Å²) in [6, 6.07) is 5.77. The fourth-order valence-electron chi connectivity index (χ4n) is 1.97. The lowest BCUT2D eigenvalue weighted by Gasteiger charge is -2.11. The van der Waals surface area contributed by atoms with E-state index in [0.717, 1.165) is 29.7 Å². The summed E-state index contributed by atoms with van der Waals surface area (Å²) in [5.41, 5.74) is 1.98. The van der Waals surface area contributed by atoms with E-state index in [2.05, 4.69) is 0 Å². The van der Waals surface area contributed by atoms with Gasteiger partial charge in [-0.1, -0.05) is 12.1 Å². The van der Waals surface area contributed by atoms with Crippen molar-refractivity contribution in [1.82, 2.24) is 0 Å². The zero-order valence-electron chi connectivity index (χ0n) is 10.8. The first-order chi connectivity index (χ1) is 8.70. The summed E-state index contributed by atoms with van der Waals surface area (Å²) in [6.07, 6.45) is 1.31. The molecule has 98 valence electrons. The molecule has 0 N–H and O–H groups in total. The molecule has 0 spiro atoms. The Labute approximate surface area is 107 Å². The molecule has 1 saturated heterocycles. The number of hydrogen-bond donors (Lipinski definition) is 0. The molecule has 0 amide bonds. The van der Waals surface area contributed by atoms with Gasteiger partial charge in [-0.3, -0.25) is 0 Å². The molecule has 0 aromatic heterocycles. The molecule has 4 nitrogen and oxygen atoms in total. The lowest BCUT2D eigenvalue weighted by Crippen LogP contribution is -2.21. The monoisotopic (exact) mass is 250 g/mol. The zero-order valence-corrected chi connectivity index (χ0v) is 10.8. The Balaban J connectivity index is 1.91. The van der Waals surface area contributed by atoms with Gasteiger partial charge in [-0.2, -0.15) is 0 Å². The number of carbonyl (C=O) groups is 1. The second kappa shape index (κ2) is 5.87. The van der Waals surface area contributed by atoms with E-state index in [-0.39, 0.29) is 18.7 Å². The largest absolute Gasteiger partial charge is 0.496 e. The van der Waals surface area contributed by atoms with E-state index in [9.17, 15) is 4.79 Å². The molecule has 1 heterocycles. The fraction of sp³-hybridized carbons (Fsp3) is 0.500. The van der Waals surface area contributed by atoms with E-state index in [1.807, 2.05) is 25.1 Å². The van der Waals surface area contributed by atoms with Gasteiger partial charge in [0.1, 0.15) is 12.4 Å². The number of methoxy groups -OCH3 is 1. The molecular weight excluding hydrogens is 232 g/mol. The summed E-state index contributed by atoms with van der Waals surface area (Å²) < 4.78 is 15.7. The average molecular weight is 250 g/mol. The third kappa shape index (κ3) is 3.01. The second-order valence-electron chi connectivity index (χ2n) is 4.41. The molecule has 0 saturated carbocycles. The summed E-state index contributed by atoms with van der Waals surface area (Å²) in [7, 11) is 1.63. The van der Waals surface area contributed by atoms with Crippen molar-refractivity contribution in [2.45, 2.75) is 32.5 Å². The van der Waals surface area contributed by atoms with Gasteiger partial charge >= 0.3 is 5.97 Å². The van der Waals surface area contributed by atoms with Gasteiger partial charge in [0.05, 0.1) is 7.11 Å². The number of aryl methyl sites for hydroxylation is 1. The molecule has 1 atom stereocenters. The van der Waals surface area contributed by atoms with E-state index < -0.39 is 0 Å². The van der Waals surface area contributed by atoms with Crippen LogP contribution in [0.4, 0.5) is 0 Å². The normalized spacial score (nSPS) is 18.7. The lowest BCUT2D eigenvalue weighted by molar-refractivity contribution is -0.155. The van der Waals surface area contributed by atoms with Crippen LogP contribution in [0.5, 0.6) is 5.75 Å². The molecule has 1 aromatic carbocycles. The molecule has 1 fully saturated rings. The number of rotatable bonds is 4. The van der Waals surface area contributed by atoms with Crippen molar-refractivity contribution in [2.75, 3.05) is 13.7 Å². The van der Waals surface area contributed by atoms with Gasteiger partial charge < -0.3 is 14.2 Å². The molecule has 1 aliphatic rings. The van der Waals surface area contributed by atoms with Crippen molar-refractivity contribution < 1.29 is 19.0 Å². The maximum Gasteiger partial charge on any atom is 0.335 e. The van der Waals surface area contributed by atoms with Crippen LogP contribution < -0.4 is 4.74 Å². The first-order valence-corrected chi connectivity index (χ1v) is 6.12. The molecule has 0 bridgehead atoms. The molecule has 1 aromatic rings. The smallest absolute Gasteiger partial charge is 0.335 e. The van der Waals surface area contributed by atoms with Crippen molar-refractivity contribution >= 4 is 5.97 Å². The summed E-state index contributed by atoms with van der Waals surface area (Å²) in [6.45, 7) is 2.88. The Hall–Kier alpha value is -1.55. The van der Waals surface area contributed by atoms with E-state index in [0.29, 0.717) is 6.61 Å². The Kier molecular flexibility index (Phi) is 4.20. The van der Waals surface area contributed by atoms with Gasteiger partial charge in [0.25, 0.3) is 0 Å². The number of hydrogen-bond acceptors (Lipinski definition) is 4. The first kappa shape index (κ1) is 12.9. The van der Waals surface area contributed by atoms with E-state index in [1.165, 1.54) is 0 Å². The summed E-state index contributed by atoms with van der Waals surface area (Å²) in [5.74, 6) is 0.535. The molecule has 18 heavy (non-hydrogen) atoms. The van der Waals surface area contributed by atoms with Crippen molar-refractivity contribution in [2.24, 2.45) is 0 Å². The highest BCUT2D eigenvalue weighted by atomic mass is 16.6. The Morgan fingerprint density at radius 2 is 2.33 bits per heavy atom. The van der Waals surface area contributed by atoms with Gasteiger partial charge in [0, 0.05) is 6.61 Å². The van der Waals surface area contributed by atoms with Crippen molar-refractivity contribution in [3.05, 3.63) is 29.3 Å². The van der Waals surface area contributed by atoms with Gasteiger partial charge in [0.15, 0.2) is 6.10 Å². The third-order valence-electron chi connectivity index (χ3n) is 3.05. The van der Waals surface area contributed by atoms with Crippen LogP contribution in [0.15, 0.2) is 18.2 Å². The van der Waals surface area contributed by atoms with Gasteiger partial charge in [-0.15, -0.1) is 0 Å². The summed E-state index contributed by atoms with van der Waals surface area (Å²) in [5, 5.41) is 0. The first-order valence-electron chi connectivity index (χ1n) is 6.12. The van der Waals surface area contributed by atoms with E-state index >= 15 is 0 Å². The van der Waals surface area contributed by atoms with Gasteiger partial charge in [0.2, 0.25) is 0 Å². The highest BCUT2D eigenvalue weighted by molar-refractivity contribution is 5.74. The van der Waals surface area contributed by atoms with Crippen molar-refractivity contribution in [1.29, 1.82) is 0 Å². The van der Waals surface area contributed by atoms with E-state index in [1.54, 1.807) is 7.11 Å². The molecule has 1 aliphatic heterocycles. The molecular formula is C14H18O4. The van der Waals surface area contributed by atoms with Crippen LogP contribution in [0.25, 0.3) is 0 Å². The quantitative estimate of drug-likeness (QED) is 0.769. The topological polar surface area (TPSA) is 44.8 Å². The Morgan fingerprint density at radius 3 is 3.00 bits per heavy atom. The standard InChI is InChI=1S/C14H18O4/c1-10-5-6-11(8-13(10)16-2)9-18-14(15)12-4-3-7-17-12/h5-6,8,12H,3-4,7,9H2,1-2H3/t12-/m0/s1. The Morgan fingerprint density at radius 1 is 1.50 bits per heavy atom. The molecule has 0 unspecified atom stereocenters. The van der Waals surface area contributed by atoms with Gasteiger partial charge in [-0.25, -0.2) is 4.79 Å². The third-order valence-corrected chi connectivity index (χ3v) is 3.05. The predicted octanol–water partition coefficient (Wildman–Crippen LogP) is 2.23. The Bertz CT molecular complexity index is 422. The summed E-state index contributed by atoms with van der Waals surface area (Å²) >= 11 is 0. The van der Waals surface area contributed by atoms with Crippen LogP contribution in [0.3, 0.4) is 0 Å². The fourth-order valence-corrected chi connectivity index (χ4v) is 1.97. The van der Waals surface area contributed by atoms with Crippen molar-refractivity contribution in [3.8, 4) is 5.75 Å². The van der Waals surface area contributed by atoms with Crippen LogP contribution in [0.1, 0.15) is 24.0 Å². The number of esters is 1. The second-order valence-corrected chi connectivity index (χ2v) is 4.41. The highest BCUT2D eigenvalue weighted by Crippen LogP contribution is 2.20. The molecule has 0 aliphatic carbocycles. The molecule has 2 rings (SSSR count). The molecule has 4 heteroatoms. The van der Waals surface area contributed by atoms with E-state index in [4.69, 9.17) is 14.2 Å². The maximum atomic E-state index is 11.7. The minimum Gasteiger partial charge on any atom is -0.496 e. The van der Waals surface area contributed by atoms with Crippen LogP contribution in [0, 0.1) is 6.92 Å². The van der Waals surface area contributed by atoms with Gasteiger partial charge in [-0.05, 0) is 37.0 Å². The number of carbonyl (C=O) groups excluding carboxylic acids is 1. The number of benzene rings is 1. The predicted molar refractivity (Wildman–Crippen MR) is 66.5 cm³/mol. The highest BCUT2D eigenvalue weighted by Gasteiger charge is 2.24. The summed E-state index contributed by atoms with van der Waals surface area (Å²) in [4.78, 5) is 11.7. The van der Waals surface area contributed by atoms with Crippen LogP contribution in [-0.4, -0.2) is 25.8 Å². The van der Waals surface area contributed by atoms with Crippen LogP contribution in [-0.2, 0) is 20.9 Å². The SMILES string of the molecule is COc1cc(COC(=O)[C@@H]2CCCO2)ccc1C. The lowest BCUT2D eigenvalue weighted by atomic mass is 10.1. The zero-order chi connectivity index (χ0) is 13.0. The average Bonchev–Trinajstić information content (AvgIpc) is 2.91. The van der Waals surface area contributed by atoms with Crippen LogP contribution >= 0.6 is 0 Å². The maximum absolute atomic E-state index is 11.7. The van der Waals surface area contributed by atoms with Crippen molar-refractivity contribution in [3.63, 3.8) is 0 Å². The van der Waals surface area contributed by atoms with Crippen LogP contribution in [0.2, 0.25) is 0 Å².